The molecule has 1 atom stereocenters. The fourth-order valence-electron chi connectivity index (χ4n) is 2.31. The minimum Gasteiger partial charge on any atom is -0.496 e. The van der Waals surface area contributed by atoms with E-state index < -0.39 is 11.4 Å². The van der Waals surface area contributed by atoms with Gasteiger partial charge < -0.3 is 9.26 Å². The van der Waals surface area contributed by atoms with E-state index in [2.05, 4.69) is 9.88 Å². The van der Waals surface area contributed by atoms with Crippen LogP contribution in [0, 0.1) is 34.6 Å². The Morgan fingerprint density at radius 3 is 2.38 bits per heavy atom. The Kier molecular flexibility index (Phi) is 4.49. The third kappa shape index (κ3) is 2.87. The highest BCUT2D eigenvalue weighted by Crippen LogP contribution is 2.32. The van der Waals surface area contributed by atoms with Gasteiger partial charge >= 0.3 is 11.4 Å². The van der Waals surface area contributed by atoms with E-state index >= 15 is 0 Å². The van der Waals surface area contributed by atoms with Gasteiger partial charge in [0, 0.05) is 11.1 Å². The molecule has 1 heterocycles. The number of hydrogen-bond acceptors (Lipinski definition) is 5. The lowest BCUT2D eigenvalue weighted by molar-refractivity contribution is 0.393. The molecule has 0 spiro atoms. The highest BCUT2D eigenvalue weighted by molar-refractivity contribution is 7.93. The summed E-state index contributed by atoms with van der Waals surface area (Å²) in [5.74, 6) is 1.50. The molecule has 5 nitrogen and oxygen atoms in total. The zero-order chi connectivity index (χ0) is 15.7. The zero-order valence-corrected chi connectivity index (χ0v) is 14.0. The number of nitrogens with zero attached hydrogens (tertiary/aromatic N) is 1. The van der Waals surface area contributed by atoms with Crippen LogP contribution < -0.4 is 9.46 Å². The third-order valence-electron chi connectivity index (χ3n) is 3.62. The third-order valence-corrected chi connectivity index (χ3v) is 5.04. The van der Waals surface area contributed by atoms with Crippen LogP contribution in [-0.4, -0.2) is 16.8 Å². The van der Waals surface area contributed by atoms with Crippen molar-refractivity contribution in [2.75, 3.05) is 11.8 Å². The van der Waals surface area contributed by atoms with Crippen LogP contribution in [0.2, 0.25) is 0 Å². The van der Waals surface area contributed by atoms with Crippen LogP contribution >= 0.6 is 0 Å². The maximum absolute atomic E-state index is 10.6. The molecule has 1 aromatic carbocycles. The van der Waals surface area contributed by atoms with Crippen LogP contribution in [0.4, 0.5) is 5.69 Å². The van der Waals surface area contributed by atoms with Crippen molar-refractivity contribution in [1.29, 1.82) is 0 Å². The standard InChI is InChI=1S/C15H21N2O3S/c1-8-7-13(19-6)9(2)10(3)15(8)21(18)17-14-11(4)16-20-12(14)5/h7,17-18H,1-6H3/q+1. The number of aromatic nitrogens is 1. The minimum atomic E-state index is -1.13. The molecule has 0 saturated carbocycles. The molecule has 6 heteroatoms. The van der Waals surface area contributed by atoms with Gasteiger partial charge in [0.2, 0.25) is 4.90 Å². The Bertz CT molecular complexity index is 648. The summed E-state index contributed by atoms with van der Waals surface area (Å²) in [6, 6.07) is 1.95. The molecule has 1 aromatic heterocycles. The number of aryl methyl sites for hydroxylation is 3. The lowest BCUT2D eigenvalue weighted by atomic mass is 10.1. The first kappa shape index (κ1) is 15.7. The first-order valence-corrected chi connectivity index (χ1v) is 7.82. The molecule has 0 fully saturated rings. The van der Waals surface area contributed by atoms with E-state index in [4.69, 9.17) is 9.26 Å². The average Bonchev–Trinajstić information content (AvgIpc) is 2.74. The average molecular weight is 309 g/mol. The summed E-state index contributed by atoms with van der Waals surface area (Å²) in [5.41, 5.74) is 4.52. The Hall–Kier alpha value is -1.66. The maximum atomic E-state index is 10.6. The Morgan fingerprint density at radius 1 is 1.19 bits per heavy atom. The van der Waals surface area contributed by atoms with Gasteiger partial charge in [-0.25, -0.2) is 0 Å². The largest absolute Gasteiger partial charge is 0.496 e. The number of nitrogens with one attached hydrogen (secondary N) is 1. The molecule has 2 N–H and O–H groups in total. The molecule has 0 bridgehead atoms. The fourth-order valence-corrected chi connectivity index (χ4v) is 3.70. The van der Waals surface area contributed by atoms with Crippen LogP contribution in [0.1, 0.15) is 28.1 Å². The van der Waals surface area contributed by atoms with E-state index in [1.165, 1.54) is 0 Å². The number of anilines is 1. The van der Waals surface area contributed by atoms with Gasteiger partial charge in [-0.3, -0.25) is 0 Å². The van der Waals surface area contributed by atoms with Gasteiger partial charge in [0.05, 0.1) is 7.11 Å². The Morgan fingerprint density at radius 2 is 1.86 bits per heavy atom. The number of methoxy groups -OCH3 is 1. The molecule has 0 aliphatic rings. The predicted octanol–water partition coefficient (Wildman–Crippen LogP) is 3.70. The summed E-state index contributed by atoms with van der Waals surface area (Å²) >= 11 is -1.13. The first-order valence-electron chi connectivity index (χ1n) is 6.64. The highest BCUT2D eigenvalue weighted by atomic mass is 32.2. The molecular formula is C15H21N2O3S+. The summed E-state index contributed by atoms with van der Waals surface area (Å²) in [6.07, 6.45) is 0. The highest BCUT2D eigenvalue weighted by Gasteiger charge is 2.30. The number of hydrogen-bond donors (Lipinski definition) is 2. The monoisotopic (exact) mass is 309 g/mol. The van der Waals surface area contributed by atoms with Crippen LogP contribution in [0.3, 0.4) is 0 Å². The van der Waals surface area contributed by atoms with Gasteiger partial charge in [-0.05, 0) is 46.2 Å². The molecule has 0 aliphatic heterocycles. The Labute approximate surface area is 128 Å². The van der Waals surface area contributed by atoms with Crippen LogP contribution in [-0.2, 0) is 11.4 Å². The van der Waals surface area contributed by atoms with E-state index in [0.717, 1.165) is 38.7 Å². The van der Waals surface area contributed by atoms with E-state index in [1.807, 2.05) is 40.7 Å². The zero-order valence-electron chi connectivity index (χ0n) is 13.2. The molecule has 0 amide bonds. The molecule has 0 saturated heterocycles. The van der Waals surface area contributed by atoms with Crippen LogP contribution in [0.5, 0.6) is 5.75 Å². The van der Waals surface area contributed by atoms with Crippen molar-refractivity contribution < 1.29 is 13.8 Å². The van der Waals surface area contributed by atoms with Crippen molar-refractivity contribution in [3.05, 3.63) is 34.2 Å². The van der Waals surface area contributed by atoms with Crippen molar-refractivity contribution in [3.8, 4) is 5.75 Å². The second-order valence-corrected chi connectivity index (χ2v) is 6.24. The molecule has 0 radical (unpaired) electrons. The lowest BCUT2D eigenvalue weighted by Gasteiger charge is -2.12. The van der Waals surface area contributed by atoms with Crippen LogP contribution in [0.15, 0.2) is 15.5 Å². The predicted molar refractivity (Wildman–Crippen MR) is 85.1 cm³/mol. The lowest BCUT2D eigenvalue weighted by Crippen LogP contribution is -2.17. The molecule has 0 aliphatic carbocycles. The maximum Gasteiger partial charge on any atom is 0.304 e. The minimum absolute atomic E-state index is 0.666. The van der Waals surface area contributed by atoms with Crippen molar-refractivity contribution in [2.45, 2.75) is 39.5 Å². The summed E-state index contributed by atoms with van der Waals surface area (Å²) in [7, 11) is 1.65. The number of rotatable bonds is 4. The van der Waals surface area contributed by atoms with Crippen molar-refractivity contribution in [1.82, 2.24) is 5.16 Å². The van der Waals surface area contributed by atoms with E-state index in [9.17, 15) is 4.55 Å². The molecule has 2 rings (SSSR count). The smallest absolute Gasteiger partial charge is 0.304 e. The number of ether oxygens (including phenoxy) is 1. The summed E-state index contributed by atoms with van der Waals surface area (Å²) in [4.78, 5) is 0.883. The van der Waals surface area contributed by atoms with Gasteiger partial charge in [-0.15, -0.1) is 0 Å². The quantitative estimate of drug-likeness (QED) is 0.843. The normalized spacial score (nSPS) is 12.3. The van der Waals surface area contributed by atoms with Gasteiger partial charge in [-0.1, -0.05) is 5.16 Å². The Balaban J connectivity index is 2.40. The summed E-state index contributed by atoms with van der Waals surface area (Å²) in [5, 5.41) is 3.89. The summed E-state index contributed by atoms with van der Waals surface area (Å²) < 4.78 is 24.2. The molecule has 1 unspecified atom stereocenters. The first-order chi connectivity index (χ1) is 9.86. The van der Waals surface area contributed by atoms with Crippen molar-refractivity contribution >= 4 is 17.0 Å². The van der Waals surface area contributed by atoms with E-state index in [1.54, 1.807) is 7.11 Å². The molecule has 114 valence electrons. The molecule has 21 heavy (non-hydrogen) atoms. The van der Waals surface area contributed by atoms with E-state index in [-0.39, 0.29) is 0 Å². The topological polar surface area (TPSA) is 67.5 Å². The fraction of sp³-hybridized carbons (Fsp3) is 0.400. The second-order valence-electron chi connectivity index (χ2n) is 5.06. The number of benzene rings is 1. The van der Waals surface area contributed by atoms with Gasteiger partial charge in [-0.2, -0.15) is 9.27 Å². The van der Waals surface area contributed by atoms with Gasteiger partial charge in [0.25, 0.3) is 0 Å². The van der Waals surface area contributed by atoms with Crippen molar-refractivity contribution in [2.24, 2.45) is 0 Å². The molecular weight excluding hydrogens is 288 g/mol. The van der Waals surface area contributed by atoms with Crippen LogP contribution in [0.25, 0.3) is 0 Å². The SMILES string of the molecule is COc1cc(C)c([S+](O)Nc2c(C)noc2C)c(C)c1C. The van der Waals surface area contributed by atoms with Gasteiger partial charge in [0.15, 0.2) is 11.4 Å². The molecule has 2 aromatic rings. The summed E-state index contributed by atoms with van der Waals surface area (Å²) in [6.45, 7) is 9.61. The van der Waals surface area contributed by atoms with E-state index in [0.29, 0.717) is 5.76 Å². The van der Waals surface area contributed by atoms with Crippen molar-refractivity contribution in [3.63, 3.8) is 0 Å². The second kappa shape index (κ2) is 5.99. The van der Waals surface area contributed by atoms with Gasteiger partial charge in [0.1, 0.15) is 11.4 Å².